The van der Waals surface area contributed by atoms with E-state index in [0.29, 0.717) is 17.9 Å². The van der Waals surface area contributed by atoms with Gasteiger partial charge in [-0.15, -0.1) is 0 Å². The standard InChI is InChI=1S/C23H20FN9O/c1-12-4-7-18(32(12)20-16(10-25)19(26)30-23(27)31-20)21-29-17-9-13(24)5-6-15(17)22(34)33(21)14-3-2-8-28-11-14/h2-3,5-6,8-9,11-12,18H,4,7H2,1H3,(H4,26,27,30,31)/t12-,18-/m0/s1. The van der Waals surface area contributed by atoms with Gasteiger partial charge in [0.2, 0.25) is 5.95 Å². The lowest BCUT2D eigenvalue weighted by Crippen LogP contribution is -2.36. The summed E-state index contributed by atoms with van der Waals surface area (Å²) in [5.74, 6) is 0.0572. The zero-order valence-electron chi connectivity index (χ0n) is 18.2. The quantitative estimate of drug-likeness (QED) is 0.472. The SMILES string of the molecule is C[C@H]1CC[C@@H](c2nc3cc(F)ccc3c(=O)n2-c2cccnc2)N1c1nc(N)nc(N)c1C#N. The van der Waals surface area contributed by atoms with Gasteiger partial charge in [-0.3, -0.25) is 14.3 Å². The number of benzene rings is 1. The first-order chi connectivity index (χ1) is 16.4. The molecule has 0 radical (unpaired) electrons. The highest BCUT2D eigenvalue weighted by molar-refractivity contribution is 5.78. The maximum atomic E-state index is 14.0. The van der Waals surface area contributed by atoms with Crippen molar-refractivity contribution in [1.82, 2.24) is 24.5 Å². The summed E-state index contributed by atoms with van der Waals surface area (Å²) in [6.45, 7) is 1.98. The molecular weight excluding hydrogens is 437 g/mol. The molecule has 34 heavy (non-hydrogen) atoms. The summed E-state index contributed by atoms with van der Waals surface area (Å²) in [6, 6.07) is 8.86. The average Bonchev–Trinajstić information content (AvgIpc) is 3.19. The highest BCUT2D eigenvalue weighted by Crippen LogP contribution is 2.41. The second kappa shape index (κ2) is 8.08. The van der Waals surface area contributed by atoms with Crippen molar-refractivity contribution in [3.63, 3.8) is 0 Å². The molecule has 0 amide bonds. The number of rotatable bonds is 3. The summed E-state index contributed by atoms with van der Waals surface area (Å²) in [4.78, 5) is 32.6. The third-order valence-electron chi connectivity index (χ3n) is 6.02. The summed E-state index contributed by atoms with van der Waals surface area (Å²) in [5.41, 5.74) is 12.3. The Labute approximate surface area is 193 Å². The van der Waals surface area contributed by atoms with Crippen LogP contribution < -0.4 is 21.9 Å². The number of hydrogen-bond acceptors (Lipinski definition) is 9. The highest BCUT2D eigenvalue weighted by atomic mass is 19.1. The van der Waals surface area contributed by atoms with Crippen molar-refractivity contribution >= 4 is 28.5 Å². The van der Waals surface area contributed by atoms with Crippen molar-refractivity contribution in [3.8, 4) is 11.8 Å². The van der Waals surface area contributed by atoms with Crippen LogP contribution in [0, 0.1) is 17.1 Å². The highest BCUT2D eigenvalue weighted by Gasteiger charge is 2.38. The van der Waals surface area contributed by atoms with Crippen LogP contribution in [0.3, 0.4) is 0 Å². The minimum atomic E-state index is -0.496. The fourth-order valence-corrected chi connectivity index (χ4v) is 4.51. The van der Waals surface area contributed by atoms with Gasteiger partial charge in [0.1, 0.15) is 29.1 Å². The van der Waals surface area contributed by atoms with Gasteiger partial charge in [0.25, 0.3) is 5.56 Å². The van der Waals surface area contributed by atoms with Gasteiger partial charge in [0, 0.05) is 18.3 Å². The molecule has 4 N–H and O–H groups in total. The van der Waals surface area contributed by atoms with Crippen LogP contribution in [-0.4, -0.2) is 30.5 Å². The van der Waals surface area contributed by atoms with Crippen molar-refractivity contribution in [2.24, 2.45) is 0 Å². The Bertz CT molecular complexity index is 1510. The third kappa shape index (κ3) is 3.36. The van der Waals surface area contributed by atoms with E-state index in [1.807, 2.05) is 11.8 Å². The molecule has 0 spiro atoms. The van der Waals surface area contributed by atoms with Crippen molar-refractivity contribution in [3.05, 3.63) is 70.3 Å². The van der Waals surface area contributed by atoms with E-state index in [2.05, 4.69) is 21.0 Å². The van der Waals surface area contributed by atoms with Gasteiger partial charge in [-0.05, 0) is 44.0 Å². The number of nitriles is 1. The first-order valence-corrected chi connectivity index (χ1v) is 10.6. The molecule has 1 fully saturated rings. The molecule has 11 heteroatoms. The Morgan fingerprint density at radius 3 is 2.74 bits per heavy atom. The monoisotopic (exact) mass is 457 g/mol. The molecule has 1 aromatic carbocycles. The zero-order chi connectivity index (χ0) is 24.0. The number of nitrogens with two attached hydrogens (primary N) is 2. The van der Waals surface area contributed by atoms with Crippen LogP contribution in [0.15, 0.2) is 47.5 Å². The van der Waals surface area contributed by atoms with Crippen LogP contribution in [0.5, 0.6) is 0 Å². The van der Waals surface area contributed by atoms with Crippen LogP contribution in [0.25, 0.3) is 16.6 Å². The molecule has 3 aromatic heterocycles. The minimum Gasteiger partial charge on any atom is -0.382 e. The van der Waals surface area contributed by atoms with Crippen molar-refractivity contribution in [2.45, 2.75) is 31.8 Å². The topological polar surface area (TPSA) is 153 Å². The van der Waals surface area contributed by atoms with E-state index in [1.54, 1.807) is 24.5 Å². The first-order valence-electron chi connectivity index (χ1n) is 10.6. The third-order valence-corrected chi connectivity index (χ3v) is 6.02. The Morgan fingerprint density at radius 1 is 1.18 bits per heavy atom. The molecule has 10 nitrogen and oxygen atoms in total. The molecule has 1 saturated heterocycles. The Morgan fingerprint density at radius 2 is 2.00 bits per heavy atom. The Hall–Kier alpha value is -4.59. The minimum absolute atomic E-state index is 0.0268. The van der Waals surface area contributed by atoms with Crippen LogP contribution in [0.1, 0.15) is 37.2 Å². The first kappa shape index (κ1) is 21.3. The van der Waals surface area contributed by atoms with Gasteiger partial charge in [-0.25, -0.2) is 9.37 Å². The van der Waals surface area contributed by atoms with Gasteiger partial charge >= 0.3 is 0 Å². The molecule has 0 bridgehead atoms. The van der Waals surface area contributed by atoms with E-state index in [1.165, 1.54) is 22.8 Å². The molecule has 1 aliphatic heterocycles. The molecule has 4 aromatic rings. The predicted octanol–water partition coefficient (Wildman–Crippen LogP) is 2.48. The molecule has 2 atom stereocenters. The van der Waals surface area contributed by atoms with E-state index in [9.17, 15) is 14.4 Å². The fraction of sp³-hybridized carbons (Fsp3) is 0.217. The van der Waals surface area contributed by atoms with Crippen LogP contribution >= 0.6 is 0 Å². The fourth-order valence-electron chi connectivity index (χ4n) is 4.51. The number of anilines is 3. The Balaban J connectivity index is 1.80. The summed E-state index contributed by atoms with van der Waals surface area (Å²) < 4.78 is 15.5. The summed E-state index contributed by atoms with van der Waals surface area (Å²) in [6.07, 6.45) is 4.49. The van der Waals surface area contributed by atoms with Crippen LogP contribution in [0.2, 0.25) is 0 Å². The van der Waals surface area contributed by atoms with Gasteiger partial charge in [-0.2, -0.15) is 15.2 Å². The molecule has 0 aliphatic carbocycles. The van der Waals surface area contributed by atoms with Crippen molar-refractivity contribution in [1.29, 1.82) is 5.26 Å². The van der Waals surface area contributed by atoms with Gasteiger partial charge in [0.05, 0.1) is 28.8 Å². The number of nitrogen functional groups attached to an aromatic ring is 2. The van der Waals surface area contributed by atoms with E-state index in [0.717, 1.165) is 6.42 Å². The summed E-state index contributed by atoms with van der Waals surface area (Å²) in [5, 5.41) is 10.0. The molecule has 0 unspecified atom stereocenters. The smallest absolute Gasteiger partial charge is 0.266 e. The predicted molar refractivity (Wildman–Crippen MR) is 125 cm³/mol. The largest absolute Gasteiger partial charge is 0.382 e. The number of nitrogens with zero attached hydrogens (tertiary/aromatic N) is 7. The summed E-state index contributed by atoms with van der Waals surface area (Å²) in [7, 11) is 0. The lowest BCUT2D eigenvalue weighted by Gasteiger charge is -2.31. The molecule has 0 saturated carbocycles. The van der Waals surface area contributed by atoms with Gasteiger partial charge in [-0.1, -0.05) is 0 Å². The molecule has 1 aliphatic rings. The lowest BCUT2D eigenvalue weighted by atomic mass is 10.1. The lowest BCUT2D eigenvalue weighted by molar-refractivity contribution is 0.612. The van der Waals surface area contributed by atoms with Gasteiger partial charge < -0.3 is 16.4 Å². The van der Waals surface area contributed by atoms with Crippen molar-refractivity contribution in [2.75, 3.05) is 16.4 Å². The van der Waals surface area contributed by atoms with E-state index in [4.69, 9.17) is 16.5 Å². The maximum Gasteiger partial charge on any atom is 0.266 e. The van der Waals surface area contributed by atoms with Crippen molar-refractivity contribution < 1.29 is 4.39 Å². The number of fused-ring (bicyclic) bond motifs is 1. The zero-order valence-corrected chi connectivity index (χ0v) is 18.2. The second-order valence-electron chi connectivity index (χ2n) is 8.11. The summed E-state index contributed by atoms with van der Waals surface area (Å²) >= 11 is 0. The van der Waals surface area contributed by atoms with E-state index >= 15 is 0 Å². The van der Waals surface area contributed by atoms with Gasteiger partial charge in [0.15, 0.2) is 5.82 Å². The number of pyridine rings is 1. The maximum absolute atomic E-state index is 14.0. The average molecular weight is 457 g/mol. The van der Waals surface area contributed by atoms with E-state index < -0.39 is 11.9 Å². The van der Waals surface area contributed by atoms with E-state index in [-0.39, 0.29) is 45.7 Å². The molecule has 4 heterocycles. The normalized spacial score (nSPS) is 17.7. The molecule has 170 valence electrons. The second-order valence-corrected chi connectivity index (χ2v) is 8.11. The van der Waals surface area contributed by atoms with Crippen LogP contribution in [0.4, 0.5) is 22.0 Å². The number of halogens is 1. The van der Waals surface area contributed by atoms with Crippen LogP contribution in [-0.2, 0) is 0 Å². The Kier molecular flexibility index (Phi) is 5.05. The molecule has 5 rings (SSSR count). The molecular formula is C23H20FN9O. The number of aromatic nitrogens is 5. The number of hydrogen-bond donors (Lipinski definition) is 2.